The number of aromatic nitrogens is 1. The first-order chi connectivity index (χ1) is 9.78. The Morgan fingerprint density at radius 2 is 2.40 bits per heavy atom. The van der Waals surface area contributed by atoms with E-state index in [-0.39, 0.29) is 12.0 Å². The highest BCUT2D eigenvalue weighted by Crippen LogP contribution is 2.28. The van der Waals surface area contributed by atoms with Gasteiger partial charge in [0.05, 0.1) is 18.3 Å². The molecule has 104 valence electrons. The number of nitrogens with zero attached hydrogens (tertiary/aromatic N) is 1. The van der Waals surface area contributed by atoms with Crippen LogP contribution in [0.3, 0.4) is 0 Å². The molecule has 2 heterocycles. The van der Waals surface area contributed by atoms with Crippen LogP contribution in [-0.4, -0.2) is 30.7 Å². The predicted octanol–water partition coefficient (Wildman–Crippen LogP) is 2.36. The van der Waals surface area contributed by atoms with Crippen molar-refractivity contribution in [1.82, 2.24) is 4.98 Å². The molecule has 3 rings (SSSR count). The average molecular weight is 272 g/mol. The SMILES string of the molecule is COc1cc(NC(=O)C2CCCO2)c2ncccc2c1. The maximum Gasteiger partial charge on any atom is 0.253 e. The maximum atomic E-state index is 12.2. The molecule has 2 aromatic rings. The molecule has 0 bridgehead atoms. The minimum Gasteiger partial charge on any atom is -0.497 e. The molecular formula is C15H16N2O3. The number of rotatable bonds is 3. The Kier molecular flexibility index (Phi) is 3.52. The smallest absolute Gasteiger partial charge is 0.253 e. The van der Waals surface area contributed by atoms with Gasteiger partial charge in [0.1, 0.15) is 11.9 Å². The first-order valence-electron chi connectivity index (χ1n) is 6.63. The van der Waals surface area contributed by atoms with Crippen LogP contribution in [0.5, 0.6) is 5.75 Å². The third-order valence-corrected chi connectivity index (χ3v) is 3.39. The lowest BCUT2D eigenvalue weighted by Gasteiger charge is -2.13. The van der Waals surface area contributed by atoms with Gasteiger partial charge in [-0.05, 0) is 25.0 Å². The summed E-state index contributed by atoms with van der Waals surface area (Å²) in [6.07, 6.45) is 3.03. The van der Waals surface area contributed by atoms with Crippen LogP contribution in [0.4, 0.5) is 5.69 Å². The molecular weight excluding hydrogens is 256 g/mol. The summed E-state index contributed by atoms with van der Waals surface area (Å²) in [6.45, 7) is 0.648. The summed E-state index contributed by atoms with van der Waals surface area (Å²) < 4.78 is 10.7. The zero-order valence-corrected chi connectivity index (χ0v) is 11.3. The van der Waals surface area contributed by atoms with Gasteiger partial charge in [0.2, 0.25) is 0 Å². The maximum absolute atomic E-state index is 12.2. The van der Waals surface area contributed by atoms with E-state index in [1.807, 2.05) is 18.2 Å². The molecule has 1 atom stereocenters. The number of benzene rings is 1. The number of pyridine rings is 1. The van der Waals surface area contributed by atoms with Gasteiger partial charge < -0.3 is 14.8 Å². The highest BCUT2D eigenvalue weighted by atomic mass is 16.5. The summed E-state index contributed by atoms with van der Waals surface area (Å²) in [5.41, 5.74) is 1.40. The van der Waals surface area contributed by atoms with Crippen LogP contribution in [0.1, 0.15) is 12.8 Å². The van der Waals surface area contributed by atoms with Crippen molar-refractivity contribution in [2.45, 2.75) is 18.9 Å². The minimum absolute atomic E-state index is 0.122. The van der Waals surface area contributed by atoms with Gasteiger partial charge in [0.15, 0.2) is 0 Å². The Bertz CT molecular complexity index is 636. The zero-order chi connectivity index (χ0) is 13.9. The van der Waals surface area contributed by atoms with Gasteiger partial charge in [-0.15, -0.1) is 0 Å². The lowest BCUT2D eigenvalue weighted by atomic mass is 10.1. The molecule has 1 aliphatic rings. The van der Waals surface area contributed by atoms with Crippen molar-refractivity contribution in [3.63, 3.8) is 0 Å². The van der Waals surface area contributed by atoms with Crippen molar-refractivity contribution >= 4 is 22.5 Å². The van der Waals surface area contributed by atoms with Gasteiger partial charge in [-0.3, -0.25) is 9.78 Å². The molecule has 1 N–H and O–H groups in total. The molecule has 1 aromatic carbocycles. The molecule has 5 nitrogen and oxygen atoms in total. The lowest BCUT2D eigenvalue weighted by molar-refractivity contribution is -0.124. The van der Waals surface area contributed by atoms with Gasteiger partial charge in [0.25, 0.3) is 5.91 Å². The number of fused-ring (bicyclic) bond motifs is 1. The first kappa shape index (κ1) is 12.9. The van der Waals surface area contributed by atoms with Crippen molar-refractivity contribution in [2.24, 2.45) is 0 Å². The summed E-state index contributed by atoms with van der Waals surface area (Å²) in [6, 6.07) is 7.46. The van der Waals surface area contributed by atoms with E-state index < -0.39 is 0 Å². The minimum atomic E-state index is -0.361. The number of amides is 1. The van der Waals surface area contributed by atoms with E-state index in [4.69, 9.17) is 9.47 Å². The number of carbonyl (C=O) groups excluding carboxylic acids is 1. The molecule has 0 spiro atoms. The number of ether oxygens (including phenoxy) is 2. The first-order valence-corrected chi connectivity index (χ1v) is 6.63. The van der Waals surface area contributed by atoms with E-state index >= 15 is 0 Å². The largest absolute Gasteiger partial charge is 0.497 e. The van der Waals surface area contributed by atoms with Crippen LogP contribution in [0.15, 0.2) is 30.5 Å². The van der Waals surface area contributed by atoms with Crippen LogP contribution in [0.2, 0.25) is 0 Å². The quantitative estimate of drug-likeness (QED) is 0.931. The van der Waals surface area contributed by atoms with Crippen molar-refractivity contribution < 1.29 is 14.3 Å². The van der Waals surface area contributed by atoms with Crippen molar-refractivity contribution in [2.75, 3.05) is 19.0 Å². The second-order valence-corrected chi connectivity index (χ2v) is 4.74. The Morgan fingerprint density at radius 3 is 3.15 bits per heavy atom. The van der Waals surface area contributed by atoms with Gasteiger partial charge in [-0.25, -0.2) is 0 Å². The van der Waals surface area contributed by atoms with Gasteiger partial charge in [-0.2, -0.15) is 0 Å². The van der Waals surface area contributed by atoms with Crippen molar-refractivity contribution in [3.8, 4) is 5.75 Å². The van der Waals surface area contributed by atoms with Gasteiger partial charge >= 0.3 is 0 Å². The van der Waals surface area contributed by atoms with Crippen molar-refractivity contribution in [3.05, 3.63) is 30.5 Å². The number of hydrogen-bond donors (Lipinski definition) is 1. The molecule has 1 aliphatic heterocycles. The molecule has 0 saturated carbocycles. The second-order valence-electron chi connectivity index (χ2n) is 4.74. The highest BCUT2D eigenvalue weighted by molar-refractivity contribution is 6.02. The number of carbonyl (C=O) groups is 1. The molecule has 1 saturated heterocycles. The zero-order valence-electron chi connectivity index (χ0n) is 11.3. The fourth-order valence-electron chi connectivity index (χ4n) is 2.38. The molecule has 0 aliphatic carbocycles. The monoisotopic (exact) mass is 272 g/mol. The average Bonchev–Trinajstić information content (AvgIpc) is 3.01. The van der Waals surface area contributed by atoms with Crippen LogP contribution in [0.25, 0.3) is 10.9 Å². The number of nitrogens with one attached hydrogen (secondary N) is 1. The number of anilines is 1. The van der Waals surface area contributed by atoms with Crippen LogP contribution in [0, 0.1) is 0 Å². The molecule has 1 aromatic heterocycles. The normalized spacial score (nSPS) is 18.1. The van der Waals surface area contributed by atoms with Crippen LogP contribution in [-0.2, 0) is 9.53 Å². The topological polar surface area (TPSA) is 60.5 Å². The van der Waals surface area contributed by atoms with E-state index in [1.165, 1.54) is 0 Å². The summed E-state index contributed by atoms with van der Waals surface area (Å²) in [4.78, 5) is 16.5. The Hall–Kier alpha value is -2.14. The van der Waals surface area contributed by atoms with E-state index in [9.17, 15) is 4.79 Å². The Labute approximate surface area is 116 Å². The van der Waals surface area contributed by atoms with Crippen molar-refractivity contribution in [1.29, 1.82) is 0 Å². The summed E-state index contributed by atoms with van der Waals surface area (Å²) >= 11 is 0. The van der Waals surface area contributed by atoms with E-state index in [0.29, 0.717) is 18.0 Å². The summed E-state index contributed by atoms with van der Waals surface area (Å²) in [5, 5.41) is 3.82. The molecule has 20 heavy (non-hydrogen) atoms. The van der Waals surface area contributed by atoms with Crippen LogP contribution < -0.4 is 10.1 Å². The van der Waals surface area contributed by atoms with Gasteiger partial charge in [-0.1, -0.05) is 6.07 Å². The third-order valence-electron chi connectivity index (χ3n) is 3.39. The van der Waals surface area contributed by atoms with E-state index in [2.05, 4.69) is 10.3 Å². The molecule has 1 amide bonds. The molecule has 1 fully saturated rings. The number of hydrogen-bond acceptors (Lipinski definition) is 4. The van der Waals surface area contributed by atoms with Gasteiger partial charge in [0, 0.05) is 24.3 Å². The lowest BCUT2D eigenvalue weighted by Crippen LogP contribution is -2.27. The van der Waals surface area contributed by atoms with Crippen LogP contribution >= 0.6 is 0 Å². The highest BCUT2D eigenvalue weighted by Gasteiger charge is 2.24. The molecule has 1 unspecified atom stereocenters. The second kappa shape index (κ2) is 5.46. The number of methoxy groups -OCH3 is 1. The fraction of sp³-hybridized carbons (Fsp3) is 0.333. The molecule has 5 heteroatoms. The molecule has 0 radical (unpaired) electrons. The summed E-state index contributed by atoms with van der Waals surface area (Å²) in [5.74, 6) is 0.566. The fourth-order valence-corrected chi connectivity index (χ4v) is 2.38. The van der Waals surface area contributed by atoms with E-state index in [0.717, 1.165) is 23.7 Å². The van der Waals surface area contributed by atoms with E-state index in [1.54, 1.807) is 19.4 Å². The third kappa shape index (κ3) is 2.44. The Morgan fingerprint density at radius 1 is 1.50 bits per heavy atom. The summed E-state index contributed by atoms with van der Waals surface area (Å²) in [7, 11) is 1.60. The standard InChI is InChI=1S/C15H16N2O3/c1-19-11-8-10-4-2-6-16-14(10)12(9-11)17-15(18)13-5-3-7-20-13/h2,4,6,8-9,13H,3,5,7H2,1H3,(H,17,18). The predicted molar refractivity (Wildman–Crippen MR) is 75.9 cm³/mol. The Balaban J connectivity index is 1.94.